The van der Waals surface area contributed by atoms with E-state index in [9.17, 15) is 91.9 Å². The number of aliphatic hydroxyl groups excluding tert-OH is 17. The number of hydrogen-bond acceptors (Lipinski definition) is 28. The largest absolute Gasteiger partial charge is 0.394 e. The summed E-state index contributed by atoms with van der Waals surface area (Å²) in [5.74, 6) is -0.760. The highest BCUT2D eigenvalue weighted by molar-refractivity contribution is 5.32. The summed E-state index contributed by atoms with van der Waals surface area (Å²) in [5.41, 5.74) is -2.40. The molecule has 0 aromatic carbocycles. The molecule has 516 valence electrons. The summed E-state index contributed by atoms with van der Waals surface area (Å²) in [6, 6.07) is 0. The van der Waals surface area contributed by atoms with E-state index in [-0.39, 0.29) is 40.9 Å². The molecule has 0 bridgehead atoms. The van der Waals surface area contributed by atoms with Gasteiger partial charge in [0, 0.05) is 16.7 Å². The van der Waals surface area contributed by atoms with E-state index in [0.29, 0.717) is 32.1 Å². The van der Waals surface area contributed by atoms with Crippen LogP contribution in [0.15, 0.2) is 11.6 Å². The number of ether oxygens (including phenoxy) is 10. The van der Waals surface area contributed by atoms with E-state index in [2.05, 4.69) is 33.8 Å². The van der Waals surface area contributed by atoms with Gasteiger partial charge in [0.1, 0.15) is 110 Å². The lowest BCUT2D eigenvalue weighted by atomic mass is 9.38. The molecule has 0 spiro atoms. The first-order valence-corrected chi connectivity index (χ1v) is 31.9. The van der Waals surface area contributed by atoms with Crippen LogP contribution in [0, 0.1) is 51.2 Å². The zero-order valence-electron chi connectivity index (χ0n) is 52.4. The number of aliphatic hydroxyl groups is 18. The SMILES string of the molecule is C[C@@H]1[C@@H](O)[C@@H](OC[C@H]2O[C@@H](O[C@H](CC[C@@H](C)C3CC[C@@]4(C)C5CC=C6C(CC[C@H](O[C@@H]7O[C@H](CO[C@@H]8O[C@H](CO)[C@@H](O)[C@H](O)[C@H]8O)[C@@H](O)[C@H](O)[C@H]7O)C6(C)C)[C@]5(C)[C@H](O)C[C@]34C)C(C)(C)O)[C@H](O[C@H]3O[C@@H](CO)[C@H](O)[C@@H](O)[C@@H]3O)[C@@H](O)[C@@H]2O)O[C@H](CO)[C@H]1O. The van der Waals surface area contributed by atoms with Gasteiger partial charge in [0.2, 0.25) is 0 Å². The third-order valence-corrected chi connectivity index (χ3v) is 23.3. The Bertz CT molecular complexity index is 2340. The molecule has 8 fully saturated rings. The second-order valence-corrected chi connectivity index (χ2v) is 29.1. The Morgan fingerprint density at radius 3 is 1.56 bits per heavy atom. The molecule has 5 heterocycles. The first kappa shape index (κ1) is 71.9. The number of rotatable bonds is 20. The Labute approximate surface area is 518 Å². The monoisotopic (exact) mass is 1280 g/mol. The van der Waals surface area contributed by atoms with E-state index >= 15 is 0 Å². The average molecular weight is 1290 g/mol. The number of fused-ring (bicyclic) bond motifs is 5. The molecule has 3 saturated carbocycles. The van der Waals surface area contributed by atoms with Crippen molar-refractivity contribution in [2.45, 2.75) is 285 Å². The normalized spacial score (nSPS) is 51.8. The van der Waals surface area contributed by atoms with Crippen molar-refractivity contribution < 1.29 is 139 Å². The second-order valence-electron chi connectivity index (χ2n) is 29.1. The van der Waals surface area contributed by atoms with E-state index in [0.717, 1.165) is 18.4 Å². The minimum absolute atomic E-state index is 0.0171. The number of hydrogen-bond donors (Lipinski definition) is 18. The molecule has 35 atom stereocenters. The molecule has 0 amide bonds. The summed E-state index contributed by atoms with van der Waals surface area (Å²) < 4.78 is 59.8. The van der Waals surface area contributed by atoms with Gasteiger partial charge in [-0.2, -0.15) is 0 Å². The van der Waals surface area contributed by atoms with Crippen LogP contribution in [0.25, 0.3) is 0 Å². The van der Waals surface area contributed by atoms with Crippen LogP contribution in [-0.4, -0.2) is 296 Å². The molecule has 18 N–H and O–H groups in total. The summed E-state index contributed by atoms with van der Waals surface area (Å²) in [4.78, 5) is 0. The fourth-order valence-electron chi connectivity index (χ4n) is 17.2. The third kappa shape index (κ3) is 13.1. The summed E-state index contributed by atoms with van der Waals surface area (Å²) in [7, 11) is 0. The molecule has 0 aromatic heterocycles. The van der Waals surface area contributed by atoms with Crippen LogP contribution in [0.5, 0.6) is 0 Å². The molecule has 4 aliphatic carbocycles. The van der Waals surface area contributed by atoms with Gasteiger partial charge in [-0.1, -0.05) is 60.1 Å². The van der Waals surface area contributed by atoms with Crippen LogP contribution < -0.4 is 0 Å². The van der Waals surface area contributed by atoms with E-state index in [1.54, 1.807) is 0 Å². The lowest BCUT2D eigenvalue weighted by Crippen LogP contribution is -2.65. The molecular weight excluding hydrogens is 1180 g/mol. The summed E-state index contributed by atoms with van der Waals surface area (Å²) >= 11 is 0. The third-order valence-electron chi connectivity index (χ3n) is 23.3. The lowest BCUT2D eigenvalue weighted by molar-refractivity contribution is -0.380. The topological polar surface area (TPSA) is 456 Å². The molecule has 28 nitrogen and oxygen atoms in total. The van der Waals surface area contributed by atoms with Crippen molar-refractivity contribution >= 4 is 0 Å². The molecule has 0 aromatic rings. The molecule has 89 heavy (non-hydrogen) atoms. The Balaban J connectivity index is 0.883. The molecule has 0 radical (unpaired) electrons. The zero-order chi connectivity index (χ0) is 65.5. The summed E-state index contributed by atoms with van der Waals surface area (Å²) in [6.45, 7) is 14.5. The highest BCUT2D eigenvalue weighted by Crippen LogP contribution is 2.75. The predicted molar refractivity (Wildman–Crippen MR) is 303 cm³/mol. The van der Waals surface area contributed by atoms with Gasteiger partial charge in [-0.3, -0.25) is 0 Å². The number of allylic oxidation sites excluding steroid dienone is 1. The molecule has 5 saturated heterocycles. The van der Waals surface area contributed by atoms with Crippen LogP contribution in [0.1, 0.15) is 114 Å². The predicted octanol–water partition coefficient (Wildman–Crippen LogP) is -4.13. The Morgan fingerprint density at radius 2 is 1.01 bits per heavy atom. The van der Waals surface area contributed by atoms with Gasteiger partial charge in [0.05, 0.1) is 63.1 Å². The molecule has 9 rings (SSSR count). The quantitative estimate of drug-likeness (QED) is 0.0515. The van der Waals surface area contributed by atoms with Crippen molar-refractivity contribution in [3.8, 4) is 0 Å². The van der Waals surface area contributed by atoms with Crippen molar-refractivity contribution in [3.05, 3.63) is 11.6 Å². The van der Waals surface area contributed by atoms with Crippen LogP contribution >= 0.6 is 0 Å². The van der Waals surface area contributed by atoms with Crippen molar-refractivity contribution in [3.63, 3.8) is 0 Å². The van der Waals surface area contributed by atoms with Gasteiger partial charge in [-0.25, -0.2) is 0 Å². The lowest BCUT2D eigenvalue weighted by Gasteiger charge is -2.67. The van der Waals surface area contributed by atoms with Gasteiger partial charge in [-0.05, 0) is 99.7 Å². The van der Waals surface area contributed by atoms with Crippen molar-refractivity contribution in [1.82, 2.24) is 0 Å². The summed E-state index contributed by atoms with van der Waals surface area (Å²) in [6.07, 6.45) is -33.6. The zero-order valence-corrected chi connectivity index (χ0v) is 52.4. The Kier molecular flexibility index (Phi) is 22.3. The van der Waals surface area contributed by atoms with E-state index in [1.807, 2.05) is 13.8 Å². The van der Waals surface area contributed by atoms with Crippen LogP contribution in [0.3, 0.4) is 0 Å². The second kappa shape index (κ2) is 27.6. The van der Waals surface area contributed by atoms with Gasteiger partial charge in [0.15, 0.2) is 31.5 Å². The van der Waals surface area contributed by atoms with Gasteiger partial charge >= 0.3 is 0 Å². The fraction of sp³-hybridized carbons (Fsp3) is 0.967. The first-order valence-electron chi connectivity index (χ1n) is 31.9. The van der Waals surface area contributed by atoms with Gasteiger partial charge in [0.25, 0.3) is 0 Å². The van der Waals surface area contributed by atoms with Crippen LogP contribution in [0.2, 0.25) is 0 Å². The van der Waals surface area contributed by atoms with E-state index in [4.69, 9.17) is 47.4 Å². The minimum Gasteiger partial charge on any atom is -0.394 e. The molecular formula is C61H104O28. The molecule has 3 unspecified atom stereocenters. The van der Waals surface area contributed by atoms with Crippen LogP contribution in [0.4, 0.5) is 0 Å². The van der Waals surface area contributed by atoms with Crippen LogP contribution in [-0.2, 0) is 47.4 Å². The Hall–Kier alpha value is -1.38. The van der Waals surface area contributed by atoms with Gasteiger partial charge < -0.3 is 139 Å². The standard InChI is InChI=1S/C61H104O28/c1-24(10-14-37(58(5,6)79)88-56-51(89-55-50(78)45(73)41(69)31(21-64)84-55)47(75)43(71)33(86-56)23-80-52-39(67)25(2)38(66)29(19-62)82-52)26-16-17-59(7)34-13-11-27-28(61(34,9)35(65)18-60(26,59)8)12-15-36(57(27,3)4)87-54-49(77)46(74)42(70)32(85-54)22-81-53-48(76)44(72)40(68)30(20-63)83-53/h11,24-26,28-56,62-79H,10,12-23H2,1-9H3/t24-,25+,26?,28?,29-,30-,31+,32-,33-,34?,35-,36+,37-,38+,39-,40-,41+,42-,43-,44+,45-,46+,47+,48-,49-,50+,51-,52+,53-,54+,55-,56+,59+,60-,61+/m1/s1. The minimum atomic E-state index is -1.93. The van der Waals surface area contributed by atoms with Gasteiger partial charge in [-0.15, -0.1) is 0 Å². The average Bonchev–Trinajstić information content (AvgIpc) is 1.66. The first-order chi connectivity index (χ1) is 41.6. The maximum atomic E-state index is 12.8. The smallest absolute Gasteiger partial charge is 0.187 e. The molecule has 28 heteroatoms. The van der Waals surface area contributed by atoms with Crippen molar-refractivity contribution in [2.24, 2.45) is 51.2 Å². The highest BCUT2D eigenvalue weighted by Gasteiger charge is 2.70. The fourth-order valence-corrected chi connectivity index (χ4v) is 17.2. The van der Waals surface area contributed by atoms with Crippen molar-refractivity contribution in [1.29, 1.82) is 0 Å². The maximum absolute atomic E-state index is 12.8. The van der Waals surface area contributed by atoms with E-state index in [1.165, 1.54) is 20.8 Å². The molecule has 5 aliphatic heterocycles. The molecule has 9 aliphatic rings. The van der Waals surface area contributed by atoms with Crippen molar-refractivity contribution in [2.75, 3.05) is 33.0 Å². The Morgan fingerprint density at radius 1 is 0.539 bits per heavy atom. The summed E-state index contributed by atoms with van der Waals surface area (Å²) in [5, 5.41) is 195. The van der Waals surface area contributed by atoms with E-state index < -0.39 is 221 Å². The highest BCUT2D eigenvalue weighted by atomic mass is 16.8. The maximum Gasteiger partial charge on any atom is 0.187 e.